The predicted octanol–water partition coefficient (Wildman–Crippen LogP) is 3.99. The third-order valence-electron chi connectivity index (χ3n) is 4.06. The van der Waals surface area contributed by atoms with E-state index < -0.39 is 0 Å². The Morgan fingerprint density at radius 1 is 0.750 bits per heavy atom. The van der Waals surface area contributed by atoms with Crippen molar-refractivity contribution < 1.29 is 0 Å². The molecule has 1 atom stereocenters. The van der Waals surface area contributed by atoms with Gasteiger partial charge in [-0.25, -0.2) is 0 Å². The second-order valence-corrected chi connectivity index (χ2v) is 5.64. The molecule has 0 saturated carbocycles. The van der Waals surface area contributed by atoms with Gasteiger partial charge < -0.3 is 0 Å². The van der Waals surface area contributed by atoms with E-state index in [0.717, 1.165) is 0 Å². The summed E-state index contributed by atoms with van der Waals surface area (Å²) in [6.45, 7) is 4.71. The zero-order valence-corrected chi connectivity index (χ0v) is 12.1. The van der Waals surface area contributed by atoms with Crippen LogP contribution < -0.4 is 5.46 Å². The third-order valence-corrected chi connectivity index (χ3v) is 4.06. The van der Waals surface area contributed by atoms with Crippen molar-refractivity contribution in [2.75, 3.05) is 0 Å². The molecule has 1 heteroatoms. The predicted molar refractivity (Wildman–Crippen MR) is 88.8 cm³/mol. The smallest absolute Gasteiger partial charge is 0.109 e. The highest BCUT2D eigenvalue weighted by Crippen LogP contribution is 2.24. The maximum Gasteiger partial charge on any atom is 0.212 e. The molecule has 0 amide bonds. The van der Waals surface area contributed by atoms with Gasteiger partial charge in [0.05, 0.1) is 0 Å². The number of benzene rings is 2. The van der Waals surface area contributed by atoms with Crippen LogP contribution in [0.2, 0.25) is 0 Å². The number of hydrogen-bond donors (Lipinski definition) is 0. The Balaban J connectivity index is 1.96. The average Bonchev–Trinajstić information content (AvgIpc) is 2.49. The van der Waals surface area contributed by atoms with Gasteiger partial charge >= 0.3 is 0 Å². The van der Waals surface area contributed by atoms with Gasteiger partial charge in [0.15, 0.2) is 0 Å². The molecule has 0 fully saturated rings. The molecule has 0 spiro atoms. The van der Waals surface area contributed by atoms with Gasteiger partial charge in [-0.3, -0.25) is 0 Å². The van der Waals surface area contributed by atoms with Crippen molar-refractivity contribution in [1.82, 2.24) is 0 Å². The van der Waals surface area contributed by atoms with Crippen LogP contribution in [0.5, 0.6) is 0 Å². The molecule has 0 nitrogen and oxygen atoms in total. The quantitative estimate of drug-likeness (QED) is 0.714. The van der Waals surface area contributed by atoms with Gasteiger partial charge in [0.25, 0.3) is 0 Å². The minimum Gasteiger partial charge on any atom is -0.109 e. The molecule has 0 N–H and O–H groups in total. The summed E-state index contributed by atoms with van der Waals surface area (Å²) in [5.41, 5.74) is 5.41. The van der Waals surface area contributed by atoms with Gasteiger partial charge in [-0.15, -0.1) is 5.98 Å². The molecule has 2 aromatic carbocycles. The van der Waals surface area contributed by atoms with Crippen molar-refractivity contribution in [3.63, 3.8) is 0 Å². The van der Waals surface area contributed by atoms with Crippen molar-refractivity contribution in [3.05, 3.63) is 89.4 Å². The first-order valence-corrected chi connectivity index (χ1v) is 7.22. The van der Waals surface area contributed by atoms with Crippen molar-refractivity contribution in [2.24, 2.45) is 0 Å². The van der Waals surface area contributed by atoms with Gasteiger partial charge in [-0.1, -0.05) is 83.3 Å². The second-order valence-electron chi connectivity index (χ2n) is 5.64. The summed E-state index contributed by atoms with van der Waals surface area (Å²) in [7, 11) is 0. The number of allylic oxidation sites excluding steroid dienone is 3. The minimum absolute atomic E-state index is 0.434. The first-order chi connectivity index (χ1) is 9.74. The lowest BCUT2D eigenvalue weighted by Gasteiger charge is -2.22. The maximum atomic E-state index is 2.31. The van der Waals surface area contributed by atoms with Crippen LogP contribution in [0, 0.1) is 13.8 Å². The van der Waals surface area contributed by atoms with Crippen molar-refractivity contribution >= 4 is 12.2 Å². The van der Waals surface area contributed by atoms with E-state index >= 15 is 0 Å². The minimum atomic E-state index is 0.434. The number of aryl methyl sites for hydroxylation is 2. The van der Waals surface area contributed by atoms with Crippen molar-refractivity contribution in [1.29, 1.82) is 0 Å². The summed E-state index contributed by atoms with van der Waals surface area (Å²) < 4.78 is 0. The van der Waals surface area contributed by atoms with E-state index in [-0.39, 0.29) is 0 Å². The van der Waals surface area contributed by atoms with Crippen LogP contribution in [0.1, 0.15) is 22.5 Å². The fraction of sp³-hybridized carbons (Fsp3) is 0.158. The standard InChI is InChI=1S/C19H19B/c1-15-6-10-17(11-7-15)19-5-3-4-14-20(19)18-12-8-16(2)9-13-18/h3-14,19H,1-2H3. The summed E-state index contributed by atoms with van der Waals surface area (Å²) in [5, 5.41) is 0. The zero-order valence-electron chi connectivity index (χ0n) is 12.1. The highest BCUT2D eigenvalue weighted by molar-refractivity contribution is 6.79. The summed E-state index contributed by atoms with van der Waals surface area (Å²) in [6, 6.07) is 17.8. The molecule has 20 heavy (non-hydrogen) atoms. The summed E-state index contributed by atoms with van der Waals surface area (Å²) >= 11 is 0. The van der Waals surface area contributed by atoms with E-state index in [1.54, 1.807) is 0 Å². The van der Waals surface area contributed by atoms with Crippen LogP contribution in [0.3, 0.4) is 0 Å². The highest BCUT2D eigenvalue weighted by atomic mass is 14.1. The Hall–Kier alpha value is -2.02. The molecule has 2 aromatic rings. The van der Waals surface area contributed by atoms with E-state index in [1.807, 2.05) is 0 Å². The summed E-state index contributed by atoms with van der Waals surface area (Å²) in [4.78, 5) is 0. The maximum absolute atomic E-state index is 2.31. The SMILES string of the molecule is Cc1ccc(B2C=CC=CC2c2ccc(C)cc2)cc1. The summed E-state index contributed by atoms with van der Waals surface area (Å²) in [6.07, 6.45) is 6.64. The van der Waals surface area contributed by atoms with Crippen LogP contribution in [-0.4, -0.2) is 6.71 Å². The Morgan fingerprint density at radius 3 is 2.00 bits per heavy atom. The molecular formula is C19H19B. The third kappa shape index (κ3) is 2.62. The van der Waals surface area contributed by atoms with Crippen molar-refractivity contribution in [3.8, 4) is 0 Å². The molecule has 0 aliphatic carbocycles. The first-order valence-electron chi connectivity index (χ1n) is 7.22. The van der Waals surface area contributed by atoms with E-state index in [9.17, 15) is 0 Å². The van der Waals surface area contributed by atoms with Gasteiger partial charge in [0, 0.05) is 0 Å². The Bertz CT molecular complexity index is 573. The van der Waals surface area contributed by atoms with Crippen LogP contribution in [-0.2, 0) is 0 Å². The first kappa shape index (κ1) is 13.0. The van der Waals surface area contributed by atoms with Gasteiger partial charge in [-0.05, 0) is 25.2 Å². The highest BCUT2D eigenvalue weighted by Gasteiger charge is 2.25. The van der Waals surface area contributed by atoms with Crippen LogP contribution >= 0.6 is 0 Å². The lowest BCUT2D eigenvalue weighted by molar-refractivity contribution is 1.17. The second kappa shape index (κ2) is 5.54. The fourth-order valence-electron chi connectivity index (χ4n) is 2.82. The topological polar surface area (TPSA) is 0 Å². The molecule has 98 valence electrons. The Morgan fingerprint density at radius 2 is 1.35 bits per heavy atom. The largest absolute Gasteiger partial charge is 0.212 e. The molecule has 1 aliphatic rings. The van der Waals surface area contributed by atoms with Gasteiger partial charge in [0.2, 0.25) is 6.71 Å². The molecular weight excluding hydrogens is 239 g/mol. The normalized spacial score (nSPS) is 17.5. The molecule has 0 radical (unpaired) electrons. The Labute approximate surface area is 121 Å². The molecule has 1 aliphatic heterocycles. The van der Waals surface area contributed by atoms with Crippen LogP contribution in [0.25, 0.3) is 0 Å². The van der Waals surface area contributed by atoms with E-state index in [0.29, 0.717) is 12.5 Å². The van der Waals surface area contributed by atoms with Gasteiger partial charge in [-0.2, -0.15) is 0 Å². The van der Waals surface area contributed by atoms with E-state index in [1.165, 1.54) is 22.2 Å². The molecule has 1 heterocycles. The fourth-order valence-corrected chi connectivity index (χ4v) is 2.82. The summed E-state index contributed by atoms with van der Waals surface area (Å²) in [5.74, 6) is 2.75. The number of hydrogen-bond acceptors (Lipinski definition) is 0. The number of rotatable bonds is 2. The molecule has 0 aromatic heterocycles. The average molecular weight is 258 g/mol. The molecule has 3 rings (SSSR count). The Kier molecular flexibility index (Phi) is 3.60. The lowest BCUT2D eigenvalue weighted by Crippen LogP contribution is -2.35. The molecule has 1 unspecified atom stereocenters. The zero-order chi connectivity index (χ0) is 13.9. The van der Waals surface area contributed by atoms with E-state index in [2.05, 4.69) is 86.6 Å². The lowest BCUT2D eigenvalue weighted by atomic mass is 9.35. The monoisotopic (exact) mass is 258 g/mol. The molecule has 0 bridgehead atoms. The van der Waals surface area contributed by atoms with Crippen LogP contribution in [0.15, 0.2) is 72.7 Å². The van der Waals surface area contributed by atoms with E-state index in [4.69, 9.17) is 0 Å². The van der Waals surface area contributed by atoms with Crippen LogP contribution in [0.4, 0.5) is 0 Å². The van der Waals surface area contributed by atoms with Crippen molar-refractivity contribution in [2.45, 2.75) is 19.7 Å². The molecule has 0 saturated heterocycles. The van der Waals surface area contributed by atoms with Gasteiger partial charge in [0.1, 0.15) is 0 Å².